The van der Waals surface area contributed by atoms with Gasteiger partial charge in [-0.15, -0.1) is 5.10 Å². The lowest BCUT2D eigenvalue weighted by Crippen LogP contribution is -2.82. The molecule has 16 atom stereocenters. The molecule has 0 radical (unpaired) electrons. The van der Waals surface area contributed by atoms with Crippen molar-refractivity contribution in [2.45, 2.75) is 162 Å². The predicted octanol–water partition coefficient (Wildman–Crippen LogP) is 2.25. The van der Waals surface area contributed by atoms with Gasteiger partial charge >= 0.3 is 12.1 Å². The first-order valence-electron chi connectivity index (χ1n) is 38.2. The molecule has 4 fully saturated rings. The van der Waals surface area contributed by atoms with Crippen molar-refractivity contribution < 1.29 is 88.2 Å². The third-order valence-corrected chi connectivity index (χ3v) is 26.6. The molecule has 7 aromatic rings. The van der Waals surface area contributed by atoms with E-state index >= 15 is 4.79 Å². The number of aliphatic hydroxyl groups excluding tert-OH is 4. The molecule has 7 aliphatic rings. The number of likely N-dealkylation sites (N-methyl/N-ethyl adjacent to an activating group) is 1. The molecule has 1 aliphatic carbocycles. The number of aliphatic hydroxyl groups is 6. The number of aryl methyl sites for hydroxylation is 3. The zero-order valence-corrected chi connectivity index (χ0v) is 65.0. The average molecular weight is 1600 g/mol. The number of piperidine rings is 1. The van der Waals surface area contributed by atoms with Crippen LogP contribution in [0, 0.1) is 24.2 Å². The highest BCUT2D eigenvalue weighted by atomic mass is 33.1. The number of nitrogens with zero attached hydrogens (tertiary/aromatic N) is 9. The molecule has 33 nitrogen and oxygen atoms in total. The van der Waals surface area contributed by atoms with E-state index in [0.29, 0.717) is 131 Å². The molecule has 14 rings (SSSR count). The number of amides is 3. The topological polar surface area (TPSA) is 454 Å². The van der Waals surface area contributed by atoms with Crippen molar-refractivity contribution in [1.82, 2.24) is 65.9 Å². The Kier molecular flexibility index (Phi) is 23.6. The Labute approximate surface area is 657 Å². The number of H-pyrrole nitrogens is 2. The third kappa shape index (κ3) is 15.2. The van der Waals surface area contributed by atoms with Crippen LogP contribution >= 0.6 is 21.6 Å². The second-order valence-electron chi connectivity index (χ2n) is 30.9. The van der Waals surface area contributed by atoms with Gasteiger partial charge in [0, 0.05) is 127 Å². The number of carboxylic acid groups (broad SMARTS) is 1. The lowest BCUT2D eigenvalue weighted by atomic mass is 9.47. The fraction of sp³-hybridized carbons (Fsp3) is 0.538. The highest BCUT2D eigenvalue weighted by Crippen LogP contribution is 2.68. The second-order valence-corrected chi connectivity index (χ2v) is 33.6. The summed E-state index contributed by atoms with van der Waals surface area (Å²) in [5, 5.41) is 91.5. The first-order valence-corrected chi connectivity index (χ1v) is 40.7. The van der Waals surface area contributed by atoms with Crippen molar-refractivity contribution in [3.63, 3.8) is 0 Å². The minimum Gasteiger partial charge on any atom is -0.496 e. The van der Waals surface area contributed by atoms with E-state index in [-0.39, 0.29) is 79.9 Å². The number of aromatic amines is 2. The summed E-state index contributed by atoms with van der Waals surface area (Å²) in [5.41, 5.74) is 5.06. The molecule has 604 valence electrons. The normalized spacial score (nSPS) is 29.2. The van der Waals surface area contributed by atoms with Gasteiger partial charge in [-0.2, -0.15) is 0 Å². The average Bonchev–Trinajstić information content (AvgIpc) is 1.47. The number of nitrogens with one attached hydrogen (secondary N) is 5. The standard InChI is InChI=1S/C78H96N14O19S2/c1-6-74(105)35-45-36-76(41-108-42-93,63-51(19-24-90(38-45)40-74)50-11-8-9-12-54(50)84-63)53-33-52-55(34-57(53)107-5)89(4)70-77(52)21-25-91-23-10-20-75(7-2,69(77)91)71(102)78(70,106)72(103)86-87-73(104)110-28-30-113-112-29-22-79-65(98)47(31-49-39-92(88-85-49)26-27-109-68-61(97)59(95)60(96)62(111-68)67(100)101)32-56(94)46-16-13-44(14-17-46)15-18-48-37-80-64-58(83-48)66(99)82-43(3)81-64/h8-14,16-17,20,33-34,37,39,42,45,47,59-62,68-71,84,95-97,102,105-106H,6-7,15,18-19,21-32,35-36,38,40-41H2,1-5H3,(H,79,98)(H,86,103)(H,87,104)(H,100,101)(H,80,81,82,99)/t45-,47-,59+,60+,61?,62?,68-,69+,70-,71-,74+,75-,76+,77-,78+/m1/s1. The summed E-state index contributed by atoms with van der Waals surface area (Å²) in [6, 6.07) is 17.6. The van der Waals surface area contributed by atoms with Crippen LogP contribution in [0.4, 0.5) is 10.5 Å². The number of carboxylic acids is 1. The number of methoxy groups -OCH3 is 1. The Morgan fingerprint density at radius 3 is 2.46 bits per heavy atom. The predicted molar refractivity (Wildman–Crippen MR) is 412 cm³/mol. The smallest absolute Gasteiger partial charge is 0.426 e. The van der Waals surface area contributed by atoms with Crippen LogP contribution in [0.5, 0.6) is 5.75 Å². The molecule has 1 saturated carbocycles. The fourth-order valence-corrected chi connectivity index (χ4v) is 20.9. The number of ketones is 1. The van der Waals surface area contributed by atoms with Gasteiger partial charge in [0.1, 0.15) is 49.2 Å². The van der Waals surface area contributed by atoms with E-state index in [1.54, 1.807) is 51.5 Å². The summed E-state index contributed by atoms with van der Waals surface area (Å²) in [7, 11) is 6.10. The van der Waals surface area contributed by atoms with Gasteiger partial charge in [0.2, 0.25) is 5.91 Å². The van der Waals surface area contributed by atoms with Gasteiger partial charge in [-0.1, -0.05) is 95.3 Å². The van der Waals surface area contributed by atoms with Gasteiger partial charge < -0.3 is 79.6 Å². The summed E-state index contributed by atoms with van der Waals surface area (Å²) >= 11 is 0. The number of benzene rings is 3. The Balaban J connectivity index is 0.623. The van der Waals surface area contributed by atoms with E-state index in [1.807, 2.05) is 55.2 Å². The van der Waals surface area contributed by atoms with Gasteiger partial charge in [0.05, 0.1) is 60.8 Å². The van der Waals surface area contributed by atoms with E-state index in [9.17, 15) is 64.5 Å². The van der Waals surface area contributed by atoms with Gasteiger partial charge in [-0.3, -0.25) is 39.2 Å². The summed E-state index contributed by atoms with van der Waals surface area (Å²) < 4.78 is 30.2. The van der Waals surface area contributed by atoms with Gasteiger partial charge in [-0.05, 0) is 99.6 Å². The van der Waals surface area contributed by atoms with Crippen LogP contribution in [0.1, 0.15) is 108 Å². The van der Waals surface area contributed by atoms with Crippen LogP contribution in [0.15, 0.2) is 90.0 Å². The van der Waals surface area contributed by atoms with Crippen LogP contribution in [-0.4, -0.2) is 266 Å². The van der Waals surface area contributed by atoms with Crippen LogP contribution in [-0.2, 0) is 81.2 Å². The van der Waals surface area contributed by atoms with Crippen LogP contribution in [0.2, 0.25) is 0 Å². The molecule has 3 saturated heterocycles. The van der Waals surface area contributed by atoms with Gasteiger partial charge in [0.25, 0.3) is 17.9 Å². The molecule has 1 spiro atoms. The highest BCUT2D eigenvalue weighted by molar-refractivity contribution is 8.76. The lowest BCUT2D eigenvalue weighted by Gasteiger charge is -2.63. The number of hydrogen-bond donors (Lipinski definition) is 12. The molecule has 3 amide bonds. The van der Waals surface area contributed by atoms with Crippen LogP contribution in [0.25, 0.3) is 22.1 Å². The summed E-state index contributed by atoms with van der Waals surface area (Å²) in [6.07, 6.45) is -1.07. The summed E-state index contributed by atoms with van der Waals surface area (Å²) in [5.74, 6) is -2.88. The van der Waals surface area contributed by atoms with E-state index in [1.165, 1.54) is 32.5 Å². The number of aliphatic carboxylic acids is 1. The van der Waals surface area contributed by atoms with Crippen molar-refractivity contribution in [1.29, 1.82) is 0 Å². The highest BCUT2D eigenvalue weighted by Gasteiger charge is 2.79. The molecule has 6 aliphatic heterocycles. The molecular formula is C78H96N14O19S2. The number of anilines is 1. The molecule has 10 heterocycles. The van der Waals surface area contributed by atoms with E-state index in [0.717, 1.165) is 38.9 Å². The first kappa shape index (κ1) is 80.6. The third-order valence-electron chi connectivity index (χ3n) is 24.3. The van der Waals surface area contributed by atoms with Crippen LogP contribution in [0.3, 0.4) is 0 Å². The zero-order chi connectivity index (χ0) is 79.9. The number of carbonyl (C=O) groups excluding carboxylic acids is 5. The molecule has 12 N–H and O–H groups in total. The first-order chi connectivity index (χ1) is 54.3. The number of rotatable bonds is 29. The van der Waals surface area contributed by atoms with Crippen molar-refractivity contribution in [2.24, 2.45) is 17.3 Å². The molecular weight excluding hydrogens is 1500 g/mol. The van der Waals surface area contributed by atoms with Crippen molar-refractivity contribution >= 4 is 85.5 Å². The minimum absolute atomic E-state index is 0.00368. The lowest BCUT2D eigenvalue weighted by molar-refractivity contribution is -0.294. The molecule has 35 heteroatoms. The molecule has 3 unspecified atom stereocenters. The van der Waals surface area contributed by atoms with E-state index < -0.39 is 106 Å². The van der Waals surface area contributed by atoms with E-state index in [4.69, 9.17) is 23.7 Å². The maximum atomic E-state index is 15.3. The minimum atomic E-state index is -2.60. The van der Waals surface area contributed by atoms with Gasteiger partial charge in [-0.25, -0.2) is 34.6 Å². The number of hydrazine groups is 1. The maximum Gasteiger partial charge on any atom is 0.426 e. The second kappa shape index (κ2) is 33.1. The number of Topliss-reactive ketones (excluding diaryl/α,β-unsaturated/α-hetero) is 1. The maximum absolute atomic E-state index is 15.3. The molecule has 113 heavy (non-hydrogen) atoms. The zero-order valence-electron chi connectivity index (χ0n) is 63.4. The Morgan fingerprint density at radius 1 is 0.894 bits per heavy atom. The monoisotopic (exact) mass is 1600 g/mol. The van der Waals surface area contributed by atoms with Crippen molar-refractivity contribution in [3.8, 4) is 5.75 Å². The molecule has 2 bridgehead atoms. The van der Waals surface area contributed by atoms with Gasteiger partial charge in [0.15, 0.2) is 34.9 Å². The van der Waals surface area contributed by atoms with E-state index in [2.05, 4.69) is 73.3 Å². The molecule has 4 aromatic heterocycles. The Morgan fingerprint density at radius 2 is 1.69 bits per heavy atom. The number of fused-ring (bicyclic) bond motifs is 7. The van der Waals surface area contributed by atoms with Crippen molar-refractivity contribution in [2.75, 3.05) is 89.7 Å². The SMILES string of the molecule is CC[C@]1(O)C[C@H]2CN(CCc3c([nH]c4ccccc34)[C@@](COC=O)(c3cc4c(cc3OC)N(C)[C@H]3[C@@](O)(C(=O)NNC(=O)OCCSSCCNC(=O)[C@@H](CC(=O)c5ccc(CCc6cnc7nc(C)[nH]c(=O)c7n6)cc5)Cc5cn(CCO[C@@H]6OC(C(=O)O)[C@@H](O)[C@H](O)C6O)nn5)[C@H](O)[C@]5(CC)C=CCN6CC[C@]43[C@@H]65)C2)C1. The Bertz CT molecular complexity index is 4820. The quantitative estimate of drug-likeness (QED) is 0.00799. The van der Waals surface area contributed by atoms with Crippen molar-refractivity contribution in [3.05, 3.63) is 146 Å². The van der Waals surface area contributed by atoms with Crippen LogP contribution < -0.4 is 31.4 Å². The largest absolute Gasteiger partial charge is 0.496 e. The number of ether oxygens (including phenoxy) is 5. The fourth-order valence-electron chi connectivity index (χ4n) is 19.1. The number of para-hydroxylation sites is 1. The number of aromatic nitrogens is 8. The summed E-state index contributed by atoms with van der Waals surface area (Å²) in [6.45, 7) is 8.84. The summed E-state index contributed by atoms with van der Waals surface area (Å²) in [4.78, 5) is 120. The Hall–Kier alpha value is -8.98. The molecule has 3 aromatic carbocycles. The number of hydrogen-bond acceptors (Lipinski definition) is 28. The number of carbonyl (C=O) groups is 6.